The highest BCUT2D eigenvalue weighted by Crippen LogP contribution is 2.34. The molecular weight excluding hydrogens is 172 g/mol. The van der Waals surface area contributed by atoms with Gasteiger partial charge in [-0.1, -0.05) is 0 Å². The van der Waals surface area contributed by atoms with Crippen LogP contribution in [0, 0.1) is 0 Å². The number of thiophene rings is 1. The molecule has 0 saturated carbocycles. The van der Waals surface area contributed by atoms with E-state index in [0.717, 1.165) is 23.8 Å². The number of hydrogen-bond acceptors (Lipinski definition) is 3. The zero-order valence-corrected chi connectivity index (χ0v) is 7.65. The molecule has 0 spiro atoms. The second-order valence-corrected chi connectivity index (χ2v) is 3.63. The lowest BCUT2D eigenvalue weighted by Crippen LogP contribution is -2.36. The molecule has 0 atom stereocenters. The van der Waals surface area contributed by atoms with Crippen LogP contribution in [-0.4, -0.2) is 19.0 Å². The fraction of sp³-hybridized carbons (Fsp3) is 0.375. The quantitative estimate of drug-likeness (QED) is 0.660. The van der Waals surface area contributed by atoms with Crippen LogP contribution < -0.4 is 10.2 Å². The number of hydrogen-bond donors (Lipinski definition) is 1. The molecule has 0 unspecified atom stereocenters. The molecular formula is C8H10N2OS. The first kappa shape index (κ1) is 7.61. The van der Waals surface area contributed by atoms with E-state index in [9.17, 15) is 4.79 Å². The zero-order valence-electron chi connectivity index (χ0n) is 6.83. The number of carbonyl (C=O) groups excluding carboxylic acids is 1. The number of nitrogens with zero attached hydrogens (tertiary/aromatic N) is 1. The number of fused-ring (bicyclic) bond motifs is 1. The minimum atomic E-state index is 0.125. The molecule has 12 heavy (non-hydrogen) atoms. The van der Waals surface area contributed by atoms with E-state index in [1.54, 1.807) is 18.3 Å². The van der Waals surface area contributed by atoms with Crippen molar-refractivity contribution in [3.63, 3.8) is 0 Å². The summed E-state index contributed by atoms with van der Waals surface area (Å²) in [5.41, 5.74) is 1.08. The molecule has 0 bridgehead atoms. The average molecular weight is 182 g/mol. The Morgan fingerprint density at radius 3 is 3.33 bits per heavy atom. The minimum Gasteiger partial charge on any atom is -0.381 e. The number of amides is 1. The van der Waals surface area contributed by atoms with Gasteiger partial charge in [0, 0.05) is 20.0 Å². The predicted molar refractivity (Wildman–Crippen MR) is 50.8 cm³/mol. The summed E-state index contributed by atoms with van der Waals surface area (Å²) in [7, 11) is 0. The zero-order chi connectivity index (χ0) is 8.55. The van der Waals surface area contributed by atoms with Crippen LogP contribution in [0.15, 0.2) is 11.4 Å². The summed E-state index contributed by atoms with van der Waals surface area (Å²) >= 11 is 1.60. The molecule has 4 heteroatoms. The monoisotopic (exact) mass is 182 g/mol. The first-order chi connectivity index (χ1) is 5.79. The Kier molecular flexibility index (Phi) is 1.77. The van der Waals surface area contributed by atoms with E-state index in [2.05, 4.69) is 5.32 Å². The molecule has 64 valence electrons. The maximum Gasteiger partial charge on any atom is 0.224 e. The van der Waals surface area contributed by atoms with Crippen molar-refractivity contribution in [2.24, 2.45) is 0 Å². The number of nitrogens with one attached hydrogen (secondary N) is 1. The van der Waals surface area contributed by atoms with Gasteiger partial charge in [-0.3, -0.25) is 4.79 Å². The van der Waals surface area contributed by atoms with Gasteiger partial charge in [-0.25, -0.2) is 0 Å². The summed E-state index contributed by atoms with van der Waals surface area (Å²) in [6, 6.07) is 2.01. The minimum absolute atomic E-state index is 0.125. The van der Waals surface area contributed by atoms with Gasteiger partial charge in [-0.2, -0.15) is 0 Å². The van der Waals surface area contributed by atoms with E-state index >= 15 is 0 Å². The van der Waals surface area contributed by atoms with E-state index in [0.29, 0.717) is 0 Å². The summed E-state index contributed by atoms with van der Waals surface area (Å²) in [6.45, 7) is 3.24. The van der Waals surface area contributed by atoms with Gasteiger partial charge in [0.1, 0.15) is 5.00 Å². The largest absolute Gasteiger partial charge is 0.381 e. The Morgan fingerprint density at radius 2 is 2.58 bits per heavy atom. The number of anilines is 2. The van der Waals surface area contributed by atoms with Crippen LogP contribution in [0.2, 0.25) is 0 Å². The molecule has 2 rings (SSSR count). The van der Waals surface area contributed by atoms with E-state index in [4.69, 9.17) is 0 Å². The van der Waals surface area contributed by atoms with Gasteiger partial charge in [0.05, 0.1) is 5.69 Å². The first-order valence-electron chi connectivity index (χ1n) is 3.88. The summed E-state index contributed by atoms with van der Waals surface area (Å²) in [4.78, 5) is 13.0. The molecule has 0 fully saturated rings. The van der Waals surface area contributed by atoms with Crippen molar-refractivity contribution in [2.75, 3.05) is 23.3 Å². The lowest BCUT2D eigenvalue weighted by molar-refractivity contribution is -0.116. The second kappa shape index (κ2) is 2.79. The normalized spacial score (nSPS) is 15.2. The molecule has 1 aliphatic rings. The lowest BCUT2D eigenvalue weighted by Gasteiger charge is -2.26. The van der Waals surface area contributed by atoms with Gasteiger partial charge in [-0.15, -0.1) is 11.3 Å². The maximum absolute atomic E-state index is 11.2. The highest BCUT2D eigenvalue weighted by atomic mass is 32.1. The first-order valence-corrected chi connectivity index (χ1v) is 4.76. The molecule has 1 amide bonds. The van der Waals surface area contributed by atoms with Crippen LogP contribution >= 0.6 is 11.3 Å². The van der Waals surface area contributed by atoms with Crippen LogP contribution in [0.5, 0.6) is 0 Å². The Labute approximate surface area is 75.0 Å². The van der Waals surface area contributed by atoms with Gasteiger partial charge < -0.3 is 10.2 Å². The standard InChI is InChI=1S/C8H10N2OS/c1-6(11)10-4-3-9-7-2-5-12-8(7)10/h2,5,9H,3-4H2,1H3. The summed E-state index contributed by atoms with van der Waals surface area (Å²) in [5.74, 6) is 0.125. The van der Waals surface area contributed by atoms with Crippen LogP contribution in [0.1, 0.15) is 6.92 Å². The van der Waals surface area contributed by atoms with Crippen LogP contribution in [0.25, 0.3) is 0 Å². The molecule has 0 radical (unpaired) electrons. The molecule has 0 aliphatic carbocycles. The molecule has 1 aromatic rings. The predicted octanol–water partition coefficient (Wildman–Crippen LogP) is 1.53. The van der Waals surface area contributed by atoms with E-state index < -0.39 is 0 Å². The van der Waals surface area contributed by atoms with Crippen LogP contribution in [0.4, 0.5) is 10.7 Å². The molecule has 0 aromatic carbocycles. The van der Waals surface area contributed by atoms with E-state index in [1.807, 2.05) is 16.3 Å². The smallest absolute Gasteiger partial charge is 0.224 e. The van der Waals surface area contributed by atoms with Gasteiger partial charge in [-0.05, 0) is 11.4 Å². The fourth-order valence-corrected chi connectivity index (χ4v) is 2.30. The molecule has 3 nitrogen and oxygen atoms in total. The van der Waals surface area contributed by atoms with Crippen molar-refractivity contribution in [2.45, 2.75) is 6.92 Å². The molecule has 2 heterocycles. The SMILES string of the molecule is CC(=O)N1CCNc2ccsc21. The van der Waals surface area contributed by atoms with E-state index in [1.165, 1.54) is 0 Å². The molecule has 1 aliphatic heterocycles. The van der Waals surface area contributed by atoms with Gasteiger partial charge >= 0.3 is 0 Å². The Bertz CT molecular complexity index is 308. The van der Waals surface area contributed by atoms with Gasteiger partial charge in [0.15, 0.2) is 0 Å². The second-order valence-electron chi connectivity index (χ2n) is 2.74. The van der Waals surface area contributed by atoms with E-state index in [-0.39, 0.29) is 5.91 Å². The maximum atomic E-state index is 11.2. The number of carbonyl (C=O) groups is 1. The van der Waals surface area contributed by atoms with Crippen LogP contribution in [-0.2, 0) is 4.79 Å². The van der Waals surface area contributed by atoms with Crippen molar-refractivity contribution in [3.05, 3.63) is 11.4 Å². The van der Waals surface area contributed by atoms with Crippen LogP contribution in [0.3, 0.4) is 0 Å². The molecule has 0 saturated heterocycles. The third kappa shape index (κ3) is 1.08. The van der Waals surface area contributed by atoms with Crippen molar-refractivity contribution in [3.8, 4) is 0 Å². The Balaban J connectivity index is 2.37. The summed E-state index contributed by atoms with van der Waals surface area (Å²) < 4.78 is 0. The third-order valence-electron chi connectivity index (χ3n) is 1.92. The number of rotatable bonds is 0. The molecule has 1 N–H and O–H groups in total. The van der Waals surface area contributed by atoms with Crippen molar-refractivity contribution in [1.82, 2.24) is 0 Å². The Hall–Kier alpha value is -1.03. The van der Waals surface area contributed by atoms with Gasteiger partial charge in [0.25, 0.3) is 0 Å². The average Bonchev–Trinajstić information content (AvgIpc) is 2.49. The fourth-order valence-electron chi connectivity index (χ4n) is 1.35. The Morgan fingerprint density at radius 1 is 1.75 bits per heavy atom. The lowest BCUT2D eigenvalue weighted by atomic mass is 10.3. The third-order valence-corrected chi connectivity index (χ3v) is 2.86. The highest BCUT2D eigenvalue weighted by molar-refractivity contribution is 7.15. The topological polar surface area (TPSA) is 32.3 Å². The highest BCUT2D eigenvalue weighted by Gasteiger charge is 2.20. The van der Waals surface area contributed by atoms with Crippen molar-refractivity contribution in [1.29, 1.82) is 0 Å². The van der Waals surface area contributed by atoms with Crippen molar-refractivity contribution >= 4 is 27.9 Å². The summed E-state index contributed by atoms with van der Waals surface area (Å²) in [6.07, 6.45) is 0. The van der Waals surface area contributed by atoms with Crippen molar-refractivity contribution < 1.29 is 4.79 Å². The summed E-state index contributed by atoms with van der Waals surface area (Å²) in [5, 5.41) is 6.29. The van der Waals surface area contributed by atoms with Gasteiger partial charge in [0.2, 0.25) is 5.91 Å². The molecule has 1 aromatic heterocycles.